The van der Waals surface area contributed by atoms with Crippen molar-refractivity contribution in [2.75, 3.05) is 42.9 Å². The van der Waals surface area contributed by atoms with Crippen LogP contribution in [0.5, 0.6) is 5.75 Å². The molecule has 3 rings (SSSR count). The van der Waals surface area contributed by atoms with E-state index in [0.29, 0.717) is 0 Å². The van der Waals surface area contributed by atoms with Crippen molar-refractivity contribution in [2.45, 2.75) is 33.8 Å². The van der Waals surface area contributed by atoms with E-state index in [-0.39, 0.29) is 18.6 Å². The summed E-state index contributed by atoms with van der Waals surface area (Å²) in [7, 11) is 0. The van der Waals surface area contributed by atoms with Crippen molar-refractivity contribution in [3.63, 3.8) is 0 Å². The van der Waals surface area contributed by atoms with Gasteiger partial charge in [-0.05, 0) is 57.0 Å². The normalized spacial score (nSPS) is 14.3. The van der Waals surface area contributed by atoms with Crippen LogP contribution in [0.2, 0.25) is 0 Å². The van der Waals surface area contributed by atoms with E-state index >= 15 is 0 Å². The van der Waals surface area contributed by atoms with Gasteiger partial charge >= 0.3 is 0 Å². The zero-order valence-electron chi connectivity index (χ0n) is 17.4. The molecular formula is C23H31N3O2. The van der Waals surface area contributed by atoms with Crippen molar-refractivity contribution in [3.05, 3.63) is 53.6 Å². The van der Waals surface area contributed by atoms with Crippen LogP contribution in [-0.2, 0) is 4.79 Å². The molecule has 5 nitrogen and oxygen atoms in total. The lowest BCUT2D eigenvalue weighted by atomic mass is 10.1. The van der Waals surface area contributed by atoms with Gasteiger partial charge in [0.1, 0.15) is 5.75 Å². The third-order valence-corrected chi connectivity index (χ3v) is 5.23. The van der Waals surface area contributed by atoms with Gasteiger partial charge < -0.3 is 19.9 Å². The zero-order valence-corrected chi connectivity index (χ0v) is 17.4. The van der Waals surface area contributed by atoms with Crippen molar-refractivity contribution in [2.24, 2.45) is 0 Å². The van der Waals surface area contributed by atoms with Crippen LogP contribution in [-0.4, -0.2) is 49.6 Å². The van der Waals surface area contributed by atoms with Gasteiger partial charge in [0.2, 0.25) is 5.91 Å². The molecule has 0 saturated carbocycles. The highest BCUT2D eigenvalue weighted by atomic mass is 16.5. The fourth-order valence-electron chi connectivity index (χ4n) is 3.53. The quantitative estimate of drug-likeness (QED) is 0.825. The number of carbonyl (C=O) groups is 1. The molecule has 1 saturated heterocycles. The SMILES string of the molecule is Cc1cccc(N2CCN(C(=O)CNc3ccccc3OC(C)C)CC2)c1C. The summed E-state index contributed by atoms with van der Waals surface area (Å²) in [5.41, 5.74) is 4.77. The Morgan fingerprint density at radius 1 is 1.04 bits per heavy atom. The van der Waals surface area contributed by atoms with Crippen LogP contribution in [0.25, 0.3) is 0 Å². The van der Waals surface area contributed by atoms with Gasteiger partial charge in [-0.3, -0.25) is 4.79 Å². The molecule has 1 amide bonds. The van der Waals surface area contributed by atoms with Gasteiger partial charge in [-0.25, -0.2) is 0 Å². The van der Waals surface area contributed by atoms with Crippen molar-refractivity contribution < 1.29 is 9.53 Å². The van der Waals surface area contributed by atoms with E-state index in [1.165, 1.54) is 16.8 Å². The number of benzene rings is 2. The number of amides is 1. The molecule has 5 heteroatoms. The Labute approximate surface area is 168 Å². The molecule has 28 heavy (non-hydrogen) atoms. The number of aryl methyl sites for hydroxylation is 1. The molecule has 0 atom stereocenters. The summed E-state index contributed by atoms with van der Waals surface area (Å²) in [5.74, 6) is 0.907. The maximum Gasteiger partial charge on any atom is 0.241 e. The Balaban J connectivity index is 1.54. The van der Waals surface area contributed by atoms with Gasteiger partial charge in [0.15, 0.2) is 0 Å². The fraction of sp³-hybridized carbons (Fsp3) is 0.435. The minimum atomic E-state index is 0.0943. The molecule has 0 radical (unpaired) electrons. The van der Waals surface area contributed by atoms with Crippen LogP contribution < -0.4 is 15.0 Å². The standard InChI is InChI=1S/C23H31N3O2/c1-17(2)28-22-11-6-5-9-20(22)24-16-23(27)26-14-12-25(13-15-26)21-10-7-8-18(3)19(21)4/h5-11,17,24H,12-16H2,1-4H3. The molecule has 1 fully saturated rings. The maximum absolute atomic E-state index is 12.7. The highest BCUT2D eigenvalue weighted by molar-refractivity contribution is 5.81. The molecule has 0 aliphatic carbocycles. The summed E-state index contributed by atoms with van der Waals surface area (Å²) in [6.45, 7) is 11.8. The number of anilines is 2. The Bertz CT molecular complexity index is 811. The number of carbonyl (C=O) groups excluding carboxylic acids is 1. The number of para-hydroxylation sites is 2. The van der Waals surface area contributed by atoms with Gasteiger partial charge in [0.05, 0.1) is 18.3 Å². The zero-order chi connectivity index (χ0) is 20.1. The molecule has 1 heterocycles. The third kappa shape index (κ3) is 4.77. The van der Waals surface area contributed by atoms with Gasteiger partial charge in [-0.2, -0.15) is 0 Å². The molecular weight excluding hydrogens is 350 g/mol. The second-order valence-corrected chi connectivity index (χ2v) is 7.60. The lowest BCUT2D eigenvalue weighted by molar-refractivity contribution is -0.129. The predicted molar refractivity (Wildman–Crippen MR) is 115 cm³/mol. The Kier molecular flexibility index (Phi) is 6.45. The first kappa shape index (κ1) is 20.1. The molecule has 0 aromatic heterocycles. The van der Waals surface area contributed by atoms with Crippen LogP contribution in [0.3, 0.4) is 0 Å². The van der Waals surface area contributed by atoms with E-state index in [0.717, 1.165) is 37.6 Å². The summed E-state index contributed by atoms with van der Waals surface area (Å²) in [6, 6.07) is 14.2. The number of piperazine rings is 1. The van der Waals surface area contributed by atoms with E-state index in [9.17, 15) is 4.79 Å². The number of nitrogens with zero attached hydrogens (tertiary/aromatic N) is 2. The van der Waals surface area contributed by atoms with E-state index < -0.39 is 0 Å². The second kappa shape index (κ2) is 9.00. The van der Waals surface area contributed by atoms with Gasteiger partial charge in [-0.1, -0.05) is 24.3 Å². The topological polar surface area (TPSA) is 44.8 Å². The number of hydrogen-bond donors (Lipinski definition) is 1. The monoisotopic (exact) mass is 381 g/mol. The van der Waals surface area contributed by atoms with E-state index in [2.05, 4.69) is 42.3 Å². The van der Waals surface area contributed by atoms with Crippen molar-refractivity contribution in [1.82, 2.24) is 4.90 Å². The average Bonchev–Trinajstić information content (AvgIpc) is 2.69. The van der Waals surface area contributed by atoms with Gasteiger partial charge in [0.25, 0.3) is 0 Å². The number of ether oxygens (including phenoxy) is 1. The lowest BCUT2D eigenvalue weighted by Gasteiger charge is -2.37. The molecule has 2 aromatic rings. The molecule has 0 unspecified atom stereocenters. The van der Waals surface area contributed by atoms with Crippen LogP contribution >= 0.6 is 0 Å². The second-order valence-electron chi connectivity index (χ2n) is 7.60. The predicted octanol–water partition coefficient (Wildman–Crippen LogP) is 3.85. The van der Waals surface area contributed by atoms with Crippen molar-refractivity contribution >= 4 is 17.3 Å². The third-order valence-electron chi connectivity index (χ3n) is 5.23. The van der Waals surface area contributed by atoms with Crippen LogP contribution in [0, 0.1) is 13.8 Å². The molecule has 150 valence electrons. The maximum atomic E-state index is 12.7. The molecule has 0 spiro atoms. The highest BCUT2D eigenvalue weighted by Crippen LogP contribution is 2.25. The van der Waals surface area contributed by atoms with Crippen molar-refractivity contribution in [1.29, 1.82) is 0 Å². The minimum absolute atomic E-state index is 0.0943. The molecule has 1 N–H and O–H groups in total. The van der Waals surface area contributed by atoms with Crippen LogP contribution in [0.4, 0.5) is 11.4 Å². The van der Waals surface area contributed by atoms with Crippen LogP contribution in [0.15, 0.2) is 42.5 Å². The summed E-state index contributed by atoms with van der Waals surface area (Å²) < 4.78 is 5.81. The number of hydrogen-bond acceptors (Lipinski definition) is 4. The highest BCUT2D eigenvalue weighted by Gasteiger charge is 2.22. The van der Waals surface area contributed by atoms with Gasteiger partial charge in [-0.15, -0.1) is 0 Å². The smallest absolute Gasteiger partial charge is 0.241 e. The Morgan fingerprint density at radius 2 is 1.75 bits per heavy atom. The molecule has 0 bridgehead atoms. The summed E-state index contributed by atoms with van der Waals surface area (Å²) >= 11 is 0. The molecule has 1 aliphatic rings. The Hall–Kier alpha value is -2.69. The minimum Gasteiger partial charge on any atom is -0.489 e. The largest absolute Gasteiger partial charge is 0.489 e. The average molecular weight is 382 g/mol. The number of rotatable bonds is 6. The first-order valence-electron chi connectivity index (χ1n) is 10.0. The van der Waals surface area contributed by atoms with E-state index in [1.807, 2.05) is 43.0 Å². The molecule has 1 aliphatic heterocycles. The first-order valence-corrected chi connectivity index (χ1v) is 10.0. The van der Waals surface area contributed by atoms with Crippen molar-refractivity contribution in [3.8, 4) is 5.75 Å². The van der Waals surface area contributed by atoms with E-state index in [1.54, 1.807) is 0 Å². The number of nitrogens with one attached hydrogen (secondary N) is 1. The van der Waals surface area contributed by atoms with E-state index in [4.69, 9.17) is 4.74 Å². The fourth-order valence-corrected chi connectivity index (χ4v) is 3.53. The lowest BCUT2D eigenvalue weighted by Crippen LogP contribution is -2.50. The van der Waals surface area contributed by atoms with Gasteiger partial charge in [0, 0.05) is 31.9 Å². The molecule has 2 aromatic carbocycles. The summed E-state index contributed by atoms with van der Waals surface area (Å²) in [5, 5.41) is 3.25. The first-order chi connectivity index (χ1) is 13.5. The summed E-state index contributed by atoms with van der Waals surface area (Å²) in [6.07, 6.45) is 0.0943. The van der Waals surface area contributed by atoms with Crippen LogP contribution in [0.1, 0.15) is 25.0 Å². The summed E-state index contributed by atoms with van der Waals surface area (Å²) in [4.78, 5) is 17.0. The Morgan fingerprint density at radius 3 is 2.46 bits per heavy atom.